The van der Waals surface area contributed by atoms with E-state index in [0.29, 0.717) is 37.3 Å². The van der Waals surface area contributed by atoms with Crippen LogP contribution in [0.2, 0.25) is 0 Å². The van der Waals surface area contributed by atoms with E-state index < -0.39 is 6.61 Å². The van der Waals surface area contributed by atoms with Crippen LogP contribution in [0, 0.1) is 6.92 Å². The lowest BCUT2D eigenvalue weighted by molar-refractivity contribution is -0.0504. The summed E-state index contributed by atoms with van der Waals surface area (Å²) in [5.74, 6) is 0.772. The number of aliphatic imine (C=N–C) groups is 1. The van der Waals surface area contributed by atoms with E-state index in [-0.39, 0.29) is 29.7 Å². The fourth-order valence-corrected chi connectivity index (χ4v) is 2.83. The smallest absolute Gasteiger partial charge is 0.387 e. The Morgan fingerprint density at radius 2 is 2.04 bits per heavy atom. The SMILES string of the molecule is CN=C(NCCCOC1CCOCC1)NCc1cc(C)ccc1OC(F)F.I. The Morgan fingerprint density at radius 1 is 1.29 bits per heavy atom. The number of halogens is 3. The zero-order valence-electron chi connectivity index (χ0n) is 16.4. The molecule has 0 radical (unpaired) electrons. The van der Waals surface area contributed by atoms with Crippen molar-refractivity contribution < 1.29 is 23.0 Å². The summed E-state index contributed by atoms with van der Waals surface area (Å²) in [6, 6.07) is 5.12. The van der Waals surface area contributed by atoms with Gasteiger partial charge in [-0.25, -0.2) is 0 Å². The van der Waals surface area contributed by atoms with Crippen molar-refractivity contribution in [3.05, 3.63) is 29.3 Å². The highest BCUT2D eigenvalue weighted by Crippen LogP contribution is 2.21. The minimum Gasteiger partial charge on any atom is -0.434 e. The lowest BCUT2D eigenvalue weighted by Crippen LogP contribution is -2.37. The van der Waals surface area contributed by atoms with Crippen LogP contribution >= 0.6 is 24.0 Å². The van der Waals surface area contributed by atoms with Crippen molar-refractivity contribution in [3.8, 4) is 5.75 Å². The van der Waals surface area contributed by atoms with Crippen molar-refractivity contribution in [2.75, 3.05) is 33.4 Å². The minimum absolute atomic E-state index is 0. The van der Waals surface area contributed by atoms with E-state index in [2.05, 4.69) is 20.4 Å². The fourth-order valence-electron chi connectivity index (χ4n) is 2.83. The van der Waals surface area contributed by atoms with Gasteiger partial charge in [0.1, 0.15) is 5.75 Å². The molecule has 6 nitrogen and oxygen atoms in total. The van der Waals surface area contributed by atoms with Crippen LogP contribution in [0.25, 0.3) is 0 Å². The summed E-state index contributed by atoms with van der Waals surface area (Å²) >= 11 is 0. The van der Waals surface area contributed by atoms with Crippen LogP contribution in [0.15, 0.2) is 23.2 Å². The number of alkyl halides is 2. The van der Waals surface area contributed by atoms with Crippen LogP contribution in [-0.4, -0.2) is 52.1 Å². The molecule has 1 aliphatic heterocycles. The molecule has 9 heteroatoms. The van der Waals surface area contributed by atoms with E-state index in [4.69, 9.17) is 9.47 Å². The van der Waals surface area contributed by atoms with E-state index in [1.165, 1.54) is 0 Å². The normalized spacial score (nSPS) is 15.2. The second-order valence-electron chi connectivity index (χ2n) is 6.38. The Hall–Kier alpha value is -1.20. The van der Waals surface area contributed by atoms with E-state index in [0.717, 1.165) is 38.0 Å². The van der Waals surface area contributed by atoms with E-state index >= 15 is 0 Å². The molecule has 1 heterocycles. The molecule has 2 rings (SSSR count). The Labute approximate surface area is 182 Å². The summed E-state index contributed by atoms with van der Waals surface area (Å²) in [6.45, 7) is 2.32. The van der Waals surface area contributed by atoms with Gasteiger partial charge in [-0.05, 0) is 32.3 Å². The van der Waals surface area contributed by atoms with Crippen LogP contribution in [0.3, 0.4) is 0 Å². The second kappa shape index (κ2) is 13.9. The Kier molecular flexibility index (Phi) is 12.3. The van der Waals surface area contributed by atoms with E-state index in [1.54, 1.807) is 19.2 Å². The highest BCUT2D eigenvalue weighted by molar-refractivity contribution is 14.0. The van der Waals surface area contributed by atoms with Crippen molar-refractivity contribution in [1.29, 1.82) is 0 Å². The third-order valence-corrected chi connectivity index (χ3v) is 4.24. The number of benzene rings is 1. The van der Waals surface area contributed by atoms with Crippen molar-refractivity contribution in [2.24, 2.45) is 4.99 Å². The van der Waals surface area contributed by atoms with Gasteiger partial charge in [0.05, 0.1) is 6.10 Å². The maximum Gasteiger partial charge on any atom is 0.387 e. The summed E-state index contributed by atoms with van der Waals surface area (Å²) in [5, 5.41) is 6.32. The lowest BCUT2D eigenvalue weighted by Gasteiger charge is -2.22. The maximum absolute atomic E-state index is 12.5. The molecule has 1 aromatic rings. The zero-order valence-corrected chi connectivity index (χ0v) is 18.7. The van der Waals surface area contributed by atoms with Crippen molar-refractivity contribution >= 4 is 29.9 Å². The van der Waals surface area contributed by atoms with Crippen LogP contribution in [0.5, 0.6) is 5.75 Å². The van der Waals surface area contributed by atoms with Gasteiger partial charge < -0.3 is 24.8 Å². The highest BCUT2D eigenvalue weighted by atomic mass is 127. The number of ether oxygens (including phenoxy) is 3. The molecule has 160 valence electrons. The molecule has 0 spiro atoms. The van der Waals surface area contributed by atoms with Gasteiger partial charge >= 0.3 is 6.61 Å². The Morgan fingerprint density at radius 3 is 2.71 bits per heavy atom. The standard InChI is InChI=1S/C19H29F2N3O3.HI/c1-14-4-5-17(27-18(20)21)15(12-14)13-24-19(22-2)23-8-3-9-26-16-6-10-25-11-7-16;/h4-5,12,16,18H,3,6-11,13H2,1-2H3,(H2,22,23,24);1H. The molecule has 1 saturated heterocycles. The summed E-state index contributed by atoms with van der Waals surface area (Å²) in [4.78, 5) is 4.15. The van der Waals surface area contributed by atoms with Gasteiger partial charge in [0.25, 0.3) is 0 Å². The summed E-state index contributed by atoms with van der Waals surface area (Å²) < 4.78 is 40.8. The average Bonchev–Trinajstić information content (AvgIpc) is 2.66. The summed E-state index contributed by atoms with van der Waals surface area (Å²) in [5.41, 5.74) is 1.63. The number of aryl methyl sites for hydroxylation is 1. The van der Waals surface area contributed by atoms with Gasteiger partial charge in [-0.1, -0.05) is 17.7 Å². The predicted molar refractivity (Wildman–Crippen MR) is 116 cm³/mol. The van der Waals surface area contributed by atoms with E-state index in [9.17, 15) is 8.78 Å². The quantitative estimate of drug-likeness (QED) is 0.229. The number of rotatable bonds is 9. The van der Waals surface area contributed by atoms with Gasteiger partial charge in [-0.3, -0.25) is 4.99 Å². The summed E-state index contributed by atoms with van der Waals surface area (Å²) in [7, 11) is 1.67. The molecule has 0 amide bonds. The van der Waals surface area contributed by atoms with Crippen molar-refractivity contribution in [1.82, 2.24) is 10.6 Å². The highest BCUT2D eigenvalue weighted by Gasteiger charge is 2.13. The van der Waals surface area contributed by atoms with Gasteiger partial charge in [0.2, 0.25) is 0 Å². The van der Waals surface area contributed by atoms with Crippen molar-refractivity contribution in [3.63, 3.8) is 0 Å². The Bertz CT molecular complexity index is 600. The first-order chi connectivity index (χ1) is 13.1. The van der Waals surface area contributed by atoms with Gasteiger partial charge in [-0.2, -0.15) is 8.78 Å². The van der Waals surface area contributed by atoms with Crippen molar-refractivity contribution in [2.45, 2.75) is 45.4 Å². The molecule has 0 saturated carbocycles. The maximum atomic E-state index is 12.5. The minimum atomic E-state index is -2.85. The largest absolute Gasteiger partial charge is 0.434 e. The number of nitrogens with one attached hydrogen (secondary N) is 2. The molecule has 0 aliphatic carbocycles. The molecule has 2 N–H and O–H groups in total. The van der Waals surface area contributed by atoms with Gasteiger partial charge in [-0.15, -0.1) is 24.0 Å². The molecular weight excluding hydrogens is 483 g/mol. The number of nitrogens with zero attached hydrogens (tertiary/aromatic N) is 1. The molecule has 1 fully saturated rings. The third-order valence-electron chi connectivity index (χ3n) is 4.24. The molecule has 28 heavy (non-hydrogen) atoms. The van der Waals surface area contributed by atoms with Crippen LogP contribution < -0.4 is 15.4 Å². The summed E-state index contributed by atoms with van der Waals surface area (Å²) in [6.07, 6.45) is 3.06. The first kappa shape index (κ1) is 24.8. The lowest BCUT2D eigenvalue weighted by atomic mass is 10.1. The number of hydrogen-bond acceptors (Lipinski definition) is 4. The van der Waals surface area contributed by atoms with Gasteiger partial charge in [0, 0.05) is 45.5 Å². The molecule has 0 bridgehead atoms. The van der Waals surface area contributed by atoms with E-state index in [1.807, 2.05) is 13.0 Å². The van der Waals surface area contributed by atoms with Gasteiger partial charge in [0.15, 0.2) is 5.96 Å². The fraction of sp³-hybridized carbons (Fsp3) is 0.632. The molecular formula is C19H30F2IN3O3. The van der Waals surface area contributed by atoms with Crippen LogP contribution in [0.1, 0.15) is 30.4 Å². The molecule has 0 aromatic heterocycles. The van der Waals surface area contributed by atoms with Crippen LogP contribution in [0.4, 0.5) is 8.78 Å². The molecule has 0 atom stereocenters. The molecule has 0 unspecified atom stereocenters. The predicted octanol–water partition coefficient (Wildman–Crippen LogP) is 3.47. The zero-order chi connectivity index (χ0) is 19.5. The number of guanidine groups is 1. The Balaban J connectivity index is 0.00000392. The second-order valence-corrected chi connectivity index (χ2v) is 6.38. The molecule has 1 aromatic carbocycles. The first-order valence-electron chi connectivity index (χ1n) is 9.26. The first-order valence-corrected chi connectivity index (χ1v) is 9.26. The number of hydrogen-bond donors (Lipinski definition) is 2. The molecule has 1 aliphatic rings. The average molecular weight is 513 g/mol. The third kappa shape index (κ3) is 9.33. The topological polar surface area (TPSA) is 64.1 Å². The van der Waals surface area contributed by atoms with Crippen LogP contribution in [-0.2, 0) is 16.0 Å². The monoisotopic (exact) mass is 513 g/mol.